The molecule has 3 aromatic rings. The van der Waals surface area contributed by atoms with Gasteiger partial charge in [0.1, 0.15) is 12.3 Å². The van der Waals surface area contributed by atoms with Crippen molar-refractivity contribution < 1.29 is 9.53 Å². The van der Waals surface area contributed by atoms with Crippen LogP contribution in [0.2, 0.25) is 0 Å². The molecule has 2 heterocycles. The van der Waals surface area contributed by atoms with Crippen LogP contribution in [0.25, 0.3) is 0 Å². The van der Waals surface area contributed by atoms with E-state index in [4.69, 9.17) is 10.5 Å². The molecule has 1 amide bonds. The number of ether oxygens (including phenoxy) is 1. The summed E-state index contributed by atoms with van der Waals surface area (Å²) in [7, 11) is 1.60. The van der Waals surface area contributed by atoms with Crippen LogP contribution in [-0.2, 0) is 24.2 Å². The Balaban J connectivity index is 0.00000261. The first-order valence-corrected chi connectivity index (χ1v) is 8.25. The van der Waals surface area contributed by atoms with Crippen molar-refractivity contribution in [1.29, 1.82) is 0 Å². The minimum Gasteiger partial charge on any atom is -0.497 e. The first-order chi connectivity index (χ1) is 12.6. The molecule has 0 aliphatic carbocycles. The Morgan fingerprint density at radius 3 is 2.67 bits per heavy atom. The number of H-pyrrole nitrogens is 1. The van der Waals surface area contributed by atoms with Crippen LogP contribution in [0.3, 0.4) is 0 Å². The van der Waals surface area contributed by atoms with Gasteiger partial charge in [-0.15, -0.1) is 17.5 Å². The number of hydrogen-bond donors (Lipinski definition) is 3. The third-order valence-electron chi connectivity index (χ3n) is 3.78. The first kappa shape index (κ1) is 20.2. The van der Waals surface area contributed by atoms with E-state index in [2.05, 4.69) is 25.6 Å². The highest BCUT2D eigenvalue weighted by Gasteiger charge is 2.07. The van der Waals surface area contributed by atoms with Gasteiger partial charge in [-0.2, -0.15) is 0 Å². The van der Waals surface area contributed by atoms with Crippen LogP contribution in [0.5, 0.6) is 5.75 Å². The van der Waals surface area contributed by atoms with E-state index in [-0.39, 0.29) is 24.9 Å². The first-order valence-electron chi connectivity index (χ1n) is 8.25. The zero-order chi connectivity index (χ0) is 18.4. The normalized spacial score (nSPS) is 10.3. The Morgan fingerprint density at radius 1 is 1.26 bits per heavy atom. The SMILES string of the molecule is COc1ccc(NC(=O)Cn2cc(CCCc3c[nH]c(N)n3)nn2)cc1.Cl. The number of carbonyl (C=O) groups excluding carboxylic acids is 1. The molecule has 0 saturated heterocycles. The van der Waals surface area contributed by atoms with Gasteiger partial charge in [0.15, 0.2) is 5.95 Å². The summed E-state index contributed by atoms with van der Waals surface area (Å²) in [5.74, 6) is 0.994. The molecule has 10 heteroatoms. The van der Waals surface area contributed by atoms with Gasteiger partial charge in [-0.3, -0.25) is 4.79 Å². The highest BCUT2D eigenvalue weighted by Crippen LogP contribution is 2.15. The quantitative estimate of drug-likeness (QED) is 0.538. The van der Waals surface area contributed by atoms with Crippen LogP contribution in [0.4, 0.5) is 11.6 Å². The van der Waals surface area contributed by atoms with Gasteiger partial charge < -0.3 is 20.8 Å². The molecule has 9 nitrogen and oxygen atoms in total. The van der Waals surface area contributed by atoms with Crippen molar-refractivity contribution in [2.45, 2.75) is 25.8 Å². The smallest absolute Gasteiger partial charge is 0.246 e. The summed E-state index contributed by atoms with van der Waals surface area (Å²) in [6.45, 7) is 0.106. The van der Waals surface area contributed by atoms with E-state index in [9.17, 15) is 4.79 Å². The second kappa shape index (κ2) is 9.58. The van der Waals surface area contributed by atoms with Gasteiger partial charge in [-0.1, -0.05) is 5.21 Å². The number of anilines is 2. The second-order valence-corrected chi connectivity index (χ2v) is 5.81. The van der Waals surface area contributed by atoms with Gasteiger partial charge in [-0.25, -0.2) is 9.67 Å². The fourth-order valence-corrected chi connectivity index (χ4v) is 2.51. The Bertz CT molecular complexity index is 860. The number of aromatic amines is 1. The number of rotatable bonds is 8. The molecule has 3 rings (SSSR count). The van der Waals surface area contributed by atoms with Crippen LogP contribution < -0.4 is 15.8 Å². The molecule has 0 unspecified atom stereocenters. The third kappa shape index (κ3) is 6.00. The zero-order valence-electron chi connectivity index (χ0n) is 14.9. The minimum atomic E-state index is -0.168. The molecule has 0 radical (unpaired) electrons. The van der Waals surface area contributed by atoms with E-state index in [1.165, 1.54) is 4.68 Å². The number of methoxy groups -OCH3 is 1. The van der Waals surface area contributed by atoms with Gasteiger partial charge in [0.25, 0.3) is 0 Å². The molecule has 0 bridgehead atoms. The van der Waals surface area contributed by atoms with Crippen LogP contribution in [0.1, 0.15) is 17.8 Å². The average Bonchev–Trinajstić information content (AvgIpc) is 3.24. The molecule has 0 fully saturated rings. The predicted octanol–water partition coefficient (Wildman–Crippen LogP) is 1.83. The number of benzene rings is 1. The predicted molar refractivity (Wildman–Crippen MR) is 104 cm³/mol. The Morgan fingerprint density at radius 2 is 2.00 bits per heavy atom. The molecule has 0 saturated carbocycles. The van der Waals surface area contributed by atoms with Crippen LogP contribution in [0, 0.1) is 0 Å². The molecular formula is C17H22ClN7O2. The van der Waals surface area contributed by atoms with E-state index < -0.39 is 0 Å². The maximum atomic E-state index is 12.1. The summed E-state index contributed by atoms with van der Waals surface area (Å²) in [5, 5.41) is 10.9. The second-order valence-electron chi connectivity index (χ2n) is 5.81. The Hall–Kier alpha value is -3.07. The lowest BCUT2D eigenvalue weighted by Gasteiger charge is -2.06. The number of imidazole rings is 1. The molecule has 0 aliphatic heterocycles. The Kier molecular flexibility index (Phi) is 7.18. The highest BCUT2D eigenvalue weighted by atomic mass is 35.5. The Labute approximate surface area is 162 Å². The molecule has 0 atom stereocenters. The van der Waals surface area contributed by atoms with Crippen molar-refractivity contribution in [3.05, 3.63) is 48.0 Å². The molecule has 2 aromatic heterocycles. The number of nitrogens with two attached hydrogens (primary N) is 1. The third-order valence-corrected chi connectivity index (χ3v) is 3.78. The number of nitrogens with one attached hydrogen (secondary N) is 2. The van der Waals surface area contributed by atoms with Crippen LogP contribution in [-0.4, -0.2) is 38.0 Å². The molecule has 27 heavy (non-hydrogen) atoms. The van der Waals surface area contributed by atoms with Crippen molar-refractivity contribution >= 4 is 29.9 Å². The van der Waals surface area contributed by atoms with Crippen molar-refractivity contribution in [3.8, 4) is 5.75 Å². The van der Waals surface area contributed by atoms with Gasteiger partial charge in [-0.05, 0) is 43.5 Å². The number of nitrogen functional groups attached to an aromatic ring is 1. The lowest BCUT2D eigenvalue weighted by molar-refractivity contribution is -0.116. The number of halogens is 1. The van der Waals surface area contributed by atoms with E-state index in [1.54, 1.807) is 43.8 Å². The summed E-state index contributed by atoms with van der Waals surface area (Å²) in [6, 6.07) is 7.14. The van der Waals surface area contributed by atoms with E-state index >= 15 is 0 Å². The zero-order valence-corrected chi connectivity index (χ0v) is 15.7. The fraction of sp³-hybridized carbons (Fsp3) is 0.294. The number of hydrogen-bond acceptors (Lipinski definition) is 6. The van der Waals surface area contributed by atoms with E-state index in [0.29, 0.717) is 11.6 Å². The fourth-order valence-electron chi connectivity index (χ4n) is 2.51. The standard InChI is InChI=1S/C17H21N7O2.ClH/c1-26-15-7-5-12(6-8-15)20-16(25)11-24-10-14(22-23-24)4-2-3-13-9-19-17(18)21-13;/h5-10H,2-4,11H2,1H3,(H,20,25)(H3,18,19,21);1H. The largest absolute Gasteiger partial charge is 0.497 e. The summed E-state index contributed by atoms with van der Waals surface area (Å²) in [6.07, 6.45) is 6.02. The van der Waals surface area contributed by atoms with Crippen LogP contribution in [0.15, 0.2) is 36.7 Å². The lowest BCUT2D eigenvalue weighted by atomic mass is 10.2. The maximum Gasteiger partial charge on any atom is 0.246 e. The van der Waals surface area contributed by atoms with Crippen LogP contribution >= 0.6 is 12.4 Å². The monoisotopic (exact) mass is 391 g/mol. The summed E-state index contributed by atoms with van der Waals surface area (Å²) in [4.78, 5) is 19.1. The number of aryl methyl sites for hydroxylation is 2. The number of aromatic nitrogens is 5. The van der Waals surface area contributed by atoms with Gasteiger partial charge in [0.2, 0.25) is 5.91 Å². The summed E-state index contributed by atoms with van der Waals surface area (Å²) >= 11 is 0. The number of amides is 1. The van der Waals surface area contributed by atoms with Gasteiger partial charge in [0.05, 0.1) is 18.5 Å². The lowest BCUT2D eigenvalue weighted by Crippen LogP contribution is -2.19. The average molecular weight is 392 g/mol. The van der Waals surface area contributed by atoms with E-state index in [1.807, 2.05) is 0 Å². The molecule has 4 N–H and O–H groups in total. The van der Waals surface area contributed by atoms with Crippen molar-refractivity contribution in [2.75, 3.05) is 18.2 Å². The molecule has 1 aromatic carbocycles. The van der Waals surface area contributed by atoms with Crippen molar-refractivity contribution in [2.24, 2.45) is 0 Å². The number of carbonyl (C=O) groups is 1. The van der Waals surface area contributed by atoms with Gasteiger partial charge in [0, 0.05) is 18.1 Å². The van der Waals surface area contributed by atoms with Gasteiger partial charge >= 0.3 is 0 Å². The molecular weight excluding hydrogens is 370 g/mol. The van der Waals surface area contributed by atoms with E-state index in [0.717, 1.165) is 36.4 Å². The summed E-state index contributed by atoms with van der Waals surface area (Å²) < 4.78 is 6.62. The number of nitrogens with zero attached hydrogens (tertiary/aromatic N) is 4. The topological polar surface area (TPSA) is 124 Å². The van der Waals surface area contributed by atoms with Crippen molar-refractivity contribution in [3.63, 3.8) is 0 Å². The molecule has 0 spiro atoms. The summed E-state index contributed by atoms with van der Waals surface area (Å²) in [5.41, 5.74) is 8.01. The minimum absolute atomic E-state index is 0. The highest BCUT2D eigenvalue weighted by molar-refractivity contribution is 5.90. The molecule has 144 valence electrons. The van der Waals surface area contributed by atoms with Crippen molar-refractivity contribution in [1.82, 2.24) is 25.0 Å². The molecule has 0 aliphatic rings. The maximum absolute atomic E-state index is 12.1.